The minimum absolute atomic E-state index is 0.238. The number of carbonyl (C=O) groups is 1. The van der Waals surface area contributed by atoms with Crippen LogP contribution >= 0.6 is 0 Å². The van der Waals surface area contributed by atoms with Crippen molar-refractivity contribution in [1.82, 2.24) is 5.32 Å². The smallest absolute Gasteiger partial charge is 0.336 e. The van der Waals surface area contributed by atoms with Crippen molar-refractivity contribution < 1.29 is 9.53 Å². The van der Waals surface area contributed by atoms with Gasteiger partial charge in [0.05, 0.1) is 23.8 Å². The van der Waals surface area contributed by atoms with E-state index in [0.29, 0.717) is 17.7 Å². The minimum atomic E-state index is -0.324. The molecule has 0 fully saturated rings. The summed E-state index contributed by atoms with van der Waals surface area (Å²) in [6.07, 6.45) is 2.04. The van der Waals surface area contributed by atoms with E-state index in [1.54, 1.807) is 19.1 Å². The molecular formula is C22H20N2O2. The van der Waals surface area contributed by atoms with Gasteiger partial charge in [-0.2, -0.15) is 5.26 Å². The van der Waals surface area contributed by atoms with E-state index in [2.05, 4.69) is 11.4 Å². The third-order valence-electron chi connectivity index (χ3n) is 4.35. The molecule has 2 aromatic carbocycles. The SMILES string of the molecule is CCOC(=O)C1=C(C)NC(c2ccccc2)=CC1c1ccc(C#N)cc1. The second-order valence-corrected chi connectivity index (χ2v) is 6.04. The van der Waals surface area contributed by atoms with Gasteiger partial charge in [-0.05, 0) is 43.2 Å². The zero-order chi connectivity index (χ0) is 18.5. The Morgan fingerprint density at radius 3 is 2.46 bits per heavy atom. The van der Waals surface area contributed by atoms with Crippen molar-refractivity contribution in [3.63, 3.8) is 0 Å². The van der Waals surface area contributed by atoms with Gasteiger partial charge < -0.3 is 10.1 Å². The first-order valence-electron chi connectivity index (χ1n) is 8.56. The summed E-state index contributed by atoms with van der Waals surface area (Å²) in [6, 6.07) is 19.4. The molecule has 0 saturated carbocycles. The first-order chi connectivity index (χ1) is 12.6. The maximum absolute atomic E-state index is 12.6. The highest BCUT2D eigenvalue weighted by atomic mass is 16.5. The number of dihydropyridines is 1. The summed E-state index contributed by atoms with van der Waals surface area (Å²) in [4.78, 5) is 12.6. The van der Waals surface area contributed by atoms with Crippen LogP contribution in [-0.2, 0) is 9.53 Å². The van der Waals surface area contributed by atoms with Gasteiger partial charge in [-0.3, -0.25) is 0 Å². The third kappa shape index (κ3) is 3.52. The first kappa shape index (κ1) is 17.5. The Morgan fingerprint density at radius 2 is 1.85 bits per heavy atom. The van der Waals surface area contributed by atoms with Crippen LogP contribution in [0.15, 0.2) is 71.9 Å². The predicted molar refractivity (Wildman–Crippen MR) is 101 cm³/mol. The summed E-state index contributed by atoms with van der Waals surface area (Å²) in [5.74, 6) is -0.562. The van der Waals surface area contributed by atoms with Crippen LogP contribution in [0.25, 0.3) is 5.70 Å². The molecular weight excluding hydrogens is 324 g/mol. The largest absolute Gasteiger partial charge is 0.463 e. The molecule has 0 radical (unpaired) electrons. The molecule has 1 aliphatic rings. The molecule has 0 spiro atoms. The summed E-state index contributed by atoms with van der Waals surface area (Å²) in [5.41, 5.74) is 4.91. The third-order valence-corrected chi connectivity index (χ3v) is 4.35. The minimum Gasteiger partial charge on any atom is -0.463 e. The van der Waals surface area contributed by atoms with Gasteiger partial charge in [-0.1, -0.05) is 42.5 Å². The average molecular weight is 344 g/mol. The normalized spacial score (nSPS) is 16.3. The number of rotatable bonds is 4. The summed E-state index contributed by atoms with van der Waals surface area (Å²) >= 11 is 0. The van der Waals surface area contributed by atoms with Crippen molar-refractivity contribution in [3.8, 4) is 6.07 Å². The molecule has 2 aromatic rings. The van der Waals surface area contributed by atoms with Gasteiger partial charge in [0.2, 0.25) is 0 Å². The molecule has 26 heavy (non-hydrogen) atoms. The van der Waals surface area contributed by atoms with Crippen molar-refractivity contribution >= 4 is 11.7 Å². The highest BCUT2D eigenvalue weighted by molar-refractivity contribution is 5.93. The quantitative estimate of drug-likeness (QED) is 0.848. The molecule has 0 amide bonds. The lowest BCUT2D eigenvalue weighted by Crippen LogP contribution is -2.26. The highest BCUT2D eigenvalue weighted by Crippen LogP contribution is 2.35. The Hall–Kier alpha value is -3.32. The molecule has 1 heterocycles. The van der Waals surface area contributed by atoms with Gasteiger partial charge in [0, 0.05) is 17.3 Å². The summed E-state index contributed by atoms with van der Waals surface area (Å²) in [5, 5.41) is 12.4. The number of hydrogen-bond acceptors (Lipinski definition) is 4. The van der Waals surface area contributed by atoms with E-state index in [1.165, 1.54) is 0 Å². The first-order valence-corrected chi connectivity index (χ1v) is 8.56. The van der Waals surface area contributed by atoms with E-state index in [-0.39, 0.29) is 11.9 Å². The number of hydrogen-bond donors (Lipinski definition) is 1. The maximum Gasteiger partial charge on any atom is 0.336 e. The zero-order valence-electron chi connectivity index (χ0n) is 14.8. The molecule has 0 bridgehead atoms. The van der Waals surface area contributed by atoms with Crippen LogP contribution in [0, 0.1) is 11.3 Å². The molecule has 0 saturated heterocycles. The van der Waals surface area contributed by atoms with Gasteiger partial charge >= 0.3 is 5.97 Å². The van der Waals surface area contributed by atoms with Crippen LogP contribution in [0.3, 0.4) is 0 Å². The van der Waals surface area contributed by atoms with Crippen LogP contribution in [-0.4, -0.2) is 12.6 Å². The standard InChI is InChI=1S/C22H20N2O2/c1-3-26-22(25)21-15(2)24-20(18-7-5-4-6-8-18)13-19(21)17-11-9-16(14-23)10-12-17/h4-13,19,24H,3H2,1-2H3. The van der Waals surface area contributed by atoms with Gasteiger partial charge in [0.1, 0.15) is 0 Å². The van der Waals surface area contributed by atoms with E-state index >= 15 is 0 Å². The fourth-order valence-corrected chi connectivity index (χ4v) is 3.10. The number of benzene rings is 2. The van der Waals surface area contributed by atoms with Gasteiger partial charge in [-0.15, -0.1) is 0 Å². The van der Waals surface area contributed by atoms with Crippen molar-refractivity contribution in [3.05, 3.63) is 88.6 Å². The molecule has 1 N–H and O–H groups in total. The number of allylic oxidation sites excluding steroid dienone is 2. The fourth-order valence-electron chi connectivity index (χ4n) is 3.10. The summed E-state index contributed by atoms with van der Waals surface area (Å²) in [7, 11) is 0. The average Bonchev–Trinajstić information content (AvgIpc) is 2.68. The van der Waals surface area contributed by atoms with Crippen LogP contribution in [0.2, 0.25) is 0 Å². The van der Waals surface area contributed by atoms with E-state index in [0.717, 1.165) is 22.5 Å². The monoisotopic (exact) mass is 344 g/mol. The lowest BCUT2D eigenvalue weighted by molar-refractivity contribution is -0.138. The Morgan fingerprint density at radius 1 is 1.15 bits per heavy atom. The molecule has 3 rings (SSSR count). The molecule has 4 nitrogen and oxygen atoms in total. The number of nitrogens with zero attached hydrogens (tertiary/aromatic N) is 1. The van der Waals surface area contributed by atoms with Crippen LogP contribution in [0.1, 0.15) is 36.5 Å². The predicted octanol–water partition coefficient (Wildman–Crippen LogP) is 4.12. The molecule has 0 aliphatic carbocycles. The zero-order valence-corrected chi connectivity index (χ0v) is 14.8. The van der Waals surface area contributed by atoms with Crippen molar-refractivity contribution in [2.24, 2.45) is 0 Å². The van der Waals surface area contributed by atoms with E-state index in [9.17, 15) is 4.79 Å². The second kappa shape index (κ2) is 7.71. The Bertz CT molecular complexity index is 903. The molecule has 130 valence electrons. The summed E-state index contributed by atoms with van der Waals surface area (Å²) < 4.78 is 5.27. The lowest BCUT2D eigenvalue weighted by atomic mass is 9.85. The van der Waals surface area contributed by atoms with Gasteiger partial charge in [0.25, 0.3) is 0 Å². The van der Waals surface area contributed by atoms with Gasteiger partial charge in [0.15, 0.2) is 0 Å². The Balaban J connectivity index is 2.07. The number of carbonyl (C=O) groups excluding carboxylic acids is 1. The number of nitriles is 1. The van der Waals surface area contributed by atoms with Crippen molar-refractivity contribution in [2.45, 2.75) is 19.8 Å². The number of nitrogens with one attached hydrogen (secondary N) is 1. The molecule has 1 atom stereocenters. The molecule has 4 heteroatoms. The maximum atomic E-state index is 12.6. The highest BCUT2D eigenvalue weighted by Gasteiger charge is 2.29. The fraction of sp³-hybridized carbons (Fsp3) is 0.182. The second-order valence-electron chi connectivity index (χ2n) is 6.04. The van der Waals surface area contributed by atoms with Crippen molar-refractivity contribution in [2.75, 3.05) is 6.61 Å². The van der Waals surface area contributed by atoms with Crippen LogP contribution in [0.5, 0.6) is 0 Å². The lowest BCUT2D eigenvalue weighted by Gasteiger charge is -2.27. The molecule has 0 aromatic heterocycles. The van der Waals surface area contributed by atoms with Crippen LogP contribution < -0.4 is 5.32 Å². The van der Waals surface area contributed by atoms with Gasteiger partial charge in [-0.25, -0.2) is 4.79 Å². The Kier molecular flexibility index (Phi) is 5.19. The number of esters is 1. The number of ether oxygens (including phenoxy) is 1. The summed E-state index contributed by atoms with van der Waals surface area (Å²) in [6.45, 7) is 4.01. The van der Waals surface area contributed by atoms with E-state index in [1.807, 2.05) is 55.5 Å². The van der Waals surface area contributed by atoms with Crippen molar-refractivity contribution in [1.29, 1.82) is 5.26 Å². The van der Waals surface area contributed by atoms with E-state index in [4.69, 9.17) is 10.00 Å². The molecule has 1 aliphatic heterocycles. The molecule has 1 unspecified atom stereocenters. The van der Waals surface area contributed by atoms with Crippen LogP contribution in [0.4, 0.5) is 0 Å². The Labute approximate surface area is 153 Å². The topological polar surface area (TPSA) is 62.1 Å². The van der Waals surface area contributed by atoms with E-state index < -0.39 is 0 Å².